The van der Waals surface area contributed by atoms with Crippen molar-refractivity contribution in [2.75, 3.05) is 13.6 Å². The third-order valence-electron chi connectivity index (χ3n) is 5.21. The molecule has 1 aliphatic rings. The molecule has 1 saturated carbocycles. The molecule has 0 aliphatic heterocycles. The maximum atomic E-state index is 13.3. The van der Waals surface area contributed by atoms with E-state index in [1.54, 1.807) is 6.07 Å². The standard InChI is InChI=1S/C17H26F2N2/c1-3-13-6-8-17(12-20,9-7-13)21(2)11-14-4-5-15(18)16(19)10-14/h4-5,10,13H,3,6-9,11-12,20H2,1-2H3. The van der Waals surface area contributed by atoms with Gasteiger partial charge in [0.2, 0.25) is 0 Å². The summed E-state index contributed by atoms with van der Waals surface area (Å²) >= 11 is 0. The zero-order valence-corrected chi connectivity index (χ0v) is 13.0. The van der Waals surface area contributed by atoms with Crippen LogP contribution in [0.5, 0.6) is 0 Å². The van der Waals surface area contributed by atoms with Crippen LogP contribution in [0.3, 0.4) is 0 Å². The van der Waals surface area contributed by atoms with Crippen LogP contribution in [-0.4, -0.2) is 24.0 Å². The molecule has 0 saturated heterocycles. The molecule has 1 aromatic carbocycles. The van der Waals surface area contributed by atoms with Crippen LogP contribution in [0, 0.1) is 17.6 Å². The fourth-order valence-electron chi connectivity index (χ4n) is 3.44. The van der Waals surface area contributed by atoms with Gasteiger partial charge in [0.15, 0.2) is 11.6 Å². The lowest BCUT2D eigenvalue weighted by Gasteiger charge is -2.46. The third kappa shape index (κ3) is 3.61. The van der Waals surface area contributed by atoms with Gasteiger partial charge in [-0.05, 0) is 56.3 Å². The first-order valence-electron chi connectivity index (χ1n) is 7.86. The average molecular weight is 296 g/mol. The second kappa shape index (κ2) is 6.84. The number of halogens is 2. The monoisotopic (exact) mass is 296 g/mol. The number of nitrogens with two attached hydrogens (primary N) is 1. The van der Waals surface area contributed by atoms with E-state index >= 15 is 0 Å². The number of rotatable bonds is 5. The van der Waals surface area contributed by atoms with Gasteiger partial charge < -0.3 is 5.73 Å². The molecule has 0 heterocycles. The molecular weight excluding hydrogens is 270 g/mol. The molecular formula is C17H26F2N2. The summed E-state index contributed by atoms with van der Waals surface area (Å²) in [6, 6.07) is 4.13. The molecule has 2 N–H and O–H groups in total. The summed E-state index contributed by atoms with van der Waals surface area (Å²) < 4.78 is 26.3. The molecule has 1 fully saturated rings. The summed E-state index contributed by atoms with van der Waals surface area (Å²) in [7, 11) is 2.04. The first-order valence-corrected chi connectivity index (χ1v) is 7.86. The van der Waals surface area contributed by atoms with Crippen molar-refractivity contribution in [2.24, 2.45) is 11.7 Å². The Bertz CT molecular complexity index is 468. The predicted molar refractivity (Wildman–Crippen MR) is 81.9 cm³/mol. The lowest BCUT2D eigenvalue weighted by molar-refractivity contribution is 0.0578. The van der Waals surface area contributed by atoms with Gasteiger partial charge in [-0.15, -0.1) is 0 Å². The van der Waals surface area contributed by atoms with Gasteiger partial charge in [0, 0.05) is 18.6 Å². The molecule has 1 aromatic rings. The van der Waals surface area contributed by atoms with Gasteiger partial charge in [0.25, 0.3) is 0 Å². The van der Waals surface area contributed by atoms with Crippen molar-refractivity contribution in [2.45, 2.75) is 51.1 Å². The molecule has 0 radical (unpaired) electrons. The van der Waals surface area contributed by atoms with Crippen LogP contribution in [-0.2, 0) is 6.54 Å². The summed E-state index contributed by atoms with van der Waals surface area (Å²) in [4.78, 5) is 2.23. The van der Waals surface area contributed by atoms with Crippen LogP contribution < -0.4 is 5.73 Å². The first-order chi connectivity index (χ1) is 10.0. The van der Waals surface area contributed by atoms with Crippen LogP contribution in [0.2, 0.25) is 0 Å². The molecule has 0 amide bonds. The Morgan fingerprint density at radius 3 is 2.43 bits per heavy atom. The second-order valence-electron chi connectivity index (χ2n) is 6.38. The van der Waals surface area contributed by atoms with E-state index in [0.29, 0.717) is 13.1 Å². The van der Waals surface area contributed by atoms with E-state index in [2.05, 4.69) is 11.8 Å². The Morgan fingerprint density at radius 2 is 1.90 bits per heavy atom. The number of hydrogen-bond donors (Lipinski definition) is 1. The Kier molecular flexibility index (Phi) is 5.33. The lowest BCUT2D eigenvalue weighted by Crippen LogP contribution is -2.53. The summed E-state index contributed by atoms with van der Waals surface area (Å²) in [6.45, 7) is 3.46. The second-order valence-corrected chi connectivity index (χ2v) is 6.38. The highest BCUT2D eigenvalue weighted by atomic mass is 19.2. The van der Waals surface area contributed by atoms with E-state index in [0.717, 1.165) is 24.3 Å². The van der Waals surface area contributed by atoms with Crippen molar-refractivity contribution in [1.82, 2.24) is 4.90 Å². The zero-order chi connectivity index (χ0) is 15.5. The maximum absolute atomic E-state index is 13.3. The molecule has 2 rings (SSSR count). The van der Waals surface area contributed by atoms with Gasteiger partial charge in [0.05, 0.1) is 0 Å². The number of likely N-dealkylation sites (N-methyl/N-ethyl adjacent to an activating group) is 1. The smallest absolute Gasteiger partial charge is 0.159 e. The molecule has 2 nitrogen and oxygen atoms in total. The van der Waals surface area contributed by atoms with E-state index in [9.17, 15) is 8.78 Å². The minimum Gasteiger partial charge on any atom is -0.329 e. The van der Waals surface area contributed by atoms with Gasteiger partial charge >= 0.3 is 0 Å². The fourth-order valence-corrected chi connectivity index (χ4v) is 3.44. The van der Waals surface area contributed by atoms with Crippen LogP contribution >= 0.6 is 0 Å². The van der Waals surface area contributed by atoms with Crippen molar-refractivity contribution in [3.63, 3.8) is 0 Å². The first kappa shape index (κ1) is 16.4. The van der Waals surface area contributed by atoms with Crippen molar-refractivity contribution in [3.8, 4) is 0 Å². The Hall–Kier alpha value is -1.00. The van der Waals surface area contributed by atoms with E-state index in [1.807, 2.05) is 7.05 Å². The largest absolute Gasteiger partial charge is 0.329 e. The number of benzene rings is 1. The summed E-state index contributed by atoms with van der Waals surface area (Å²) in [5.74, 6) is -0.767. The van der Waals surface area contributed by atoms with E-state index in [4.69, 9.17) is 5.73 Å². The molecule has 0 aromatic heterocycles. The minimum atomic E-state index is -0.793. The van der Waals surface area contributed by atoms with E-state index in [1.165, 1.54) is 31.4 Å². The third-order valence-corrected chi connectivity index (χ3v) is 5.21. The lowest BCUT2D eigenvalue weighted by atomic mass is 9.74. The highest BCUT2D eigenvalue weighted by Gasteiger charge is 2.37. The quantitative estimate of drug-likeness (QED) is 0.898. The van der Waals surface area contributed by atoms with E-state index < -0.39 is 11.6 Å². The predicted octanol–water partition coefficient (Wildman–Crippen LogP) is 3.69. The van der Waals surface area contributed by atoms with Gasteiger partial charge in [-0.1, -0.05) is 19.4 Å². The molecule has 4 heteroatoms. The molecule has 0 unspecified atom stereocenters. The minimum absolute atomic E-state index is 0.00344. The summed E-state index contributed by atoms with van der Waals surface area (Å²) in [5.41, 5.74) is 6.85. The van der Waals surface area contributed by atoms with Crippen LogP contribution in [0.4, 0.5) is 8.78 Å². The Balaban J connectivity index is 2.06. The van der Waals surface area contributed by atoms with Crippen LogP contribution in [0.15, 0.2) is 18.2 Å². The maximum Gasteiger partial charge on any atom is 0.159 e. The SMILES string of the molecule is CCC1CCC(CN)(N(C)Cc2ccc(F)c(F)c2)CC1. The van der Waals surface area contributed by atoms with Gasteiger partial charge in [-0.2, -0.15) is 0 Å². The van der Waals surface area contributed by atoms with Crippen molar-refractivity contribution in [3.05, 3.63) is 35.4 Å². The molecule has 0 bridgehead atoms. The fraction of sp³-hybridized carbons (Fsp3) is 0.647. The summed E-state index contributed by atoms with van der Waals surface area (Å²) in [5, 5.41) is 0. The van der Waals surface area contributed by atoms with Gasteiger partial charge in [-0.3, -0.25) is 4.90 Å². The topological polar surface area (TPSA) is 29.3 Å². The van der Waals surface area contributed by atoms with Gasteiger partial charge in [0.1, 0.15) is 0 Å². The van der Waals surface area contributed by atoms with Crippen molar-refractivity contribution >= 4 is 0 Å². The zero-order valence-electron chi connectivity index (χ0n) is 13.0. The number of nitrogens with zero attached hydrogens (tertiary/aromatic N) is 1. The molecule has 0 spiro atoms. The van der Waals surface area contributed by atoms with Crippen molar-refractivity contribution < 1.29 is 8.78 Å². The van der Waals surface area contributed by atoms with Crippen molar-refractivity contribution in [1.29, 1.82) is 0 Å². The normalized spacial score (nSPS) is 26.3. The van der Waals surface area contributed by atoms with E-state index in [-0.39, 0.29) is 5.54 Å². The van der Waals surface area contributed by atoms with Crippen LogP contribution in [0.1, 0.15) is 44.6 Å². The average Bonchev–Trinajstić information content (AvgIpc) is 2.51. The molecule has 1 aliphatic carbocycles. The molecule has 118 valence electrons. The Morgan fingerprint density at radius 1 is 1.24 bits per heavy atom. The Labute approximate surface area is 126 Å². The summed E-state index contributed by atoms with van der Waals surface area (Å²) in [6.07, 6.45) is 5.81. The molecule has 0 atom stereocenters. The highest BCUT2D eigenvalue weighted by molar-refractivity contribution is 5.18. The highest BCUT2D eigenvalue weighted by Crippen LogP contribution is 2.37. The molecule has 21 heavy (non-hydrogen) atoms. The number of hydrogen-bond acceptors (Lipinski definition) is 2. The van der Waals surface area contributed by atoms with Crippen LogP contribution in [0.25, 0.3) is 0 Å². The van der Waals surface area contributed by atoms with Gasteiger partial charge in [-0.25, -0.2) is 8.78 Å².